The van der Waals surface area contributed by atoms with E-state index in [4.69, 9.17) is 10.5 Å². The van der Waals surface area contributed by atoms with Crippen LogP contribution in [0.1, 0.15) is 61.8 Å². The van der Waals surface area contributed by atoms with Crippen molar-refractivity contribution in [3.8, 4) is 0 Å². The largest absolute Gasteiger partial charge is 0.390 e. The summed E-state index contributed by atoms with van der Waals surface area (Å²) in [6.45, 7) is 9.12. The van der Waals surface area contributed by atoms with Crippen molar-refractivity contribution < 1.29 is 9.53 Å². The molecule has 0 atom stereocenters. The van der Waals surface area contributed by atoms with E-state index in [0.29, 0.717) is 24.9 Å². The number of methoxy groups -OCH3 is 1. The molecular weight excluding hydrogens is 264 g/mol. The zero-order valence-electron chi connectivity index (χ0n) is 13.6. The molecule has 1 aromatic rings. The fraction of sp³-hybridized carbons (Fsp3) is 0.529. The summed E-state index contributed by atoms with van der Waals surface area (Å²) < 4.78 is 5.25. The van der Waals surface area contributed by atoms with Crippen molar-refractivity contribution >= 4 is 12.2 Å². The van der Waals surface area contributed by atoms with Crippen LogP contribution < -0.4 is 5.73 Å². The lowest BCUT2D eigenvalue weighted by atomic mass is 9.85. The number of benzene rings is 1. The third kappa shape index (κ3) is 4.67. The molecule has 4 heteroatoms. The zero-order valence-corrected chi connectivity index (χ0v) is 13.6. The molecule has 0 saturated carbocycles. The second-order valence-corrected chi connectivity index (χ2v) is 5.84. The second-order valence-electron chi connectivity index (χ2n) is 5.84. The Morgan fingerprint density at radius 1 is 1.24 bits per heavy atom. The average molecular weight is 290 g/mol. The Bertz CT molecular complexity index is 491. The van der Waals surface area contributed by atoms with Gasteiger partial charge in [0.2, 0.25) is 0 Å². The Labute approximate surface area is 127 Å². The van der Waals surface area contributed by atoms with Gasteiger partial charge in [0, 0.05) is 7.11 Å². The van der Waals surface area contributed by atoms with Gasteiger partial charge < -0.3 is 10.5 Å². The van der Waals surface area contributed by atoms with Crippen LogP contribution in [-0.2, 0) is 22.6 Å². The number of ether oxygens (including phenoxy) is 1. The molecule has 0 radical (unpaired) electrons. The first-order valence-electron chi connectivity index (χ1n) is 7.32. The minimum Gasteiger partial charge on any atom is -0.390 e. The van der Waals surface area contributed by atoms with Crippen molar-refractivity contribution in [2.75, 3.05) is 7.11 Å². The van der Waals surface area contributed by atoms with Gasteiger partial charge in [-0.3, -0.25) is 4.79 Å². The van der Waals surface area contributed by atoms with E-state index in [1.807, 2.05) is 0 Å². The number of hydrogen-bond acceptors (Lipinski definition) is 2. The highest BCUT2D eigenvalue weighted by atomic mass is 16.5. The number of carbonyl (C=O) groups is 1. The maximum Gasteiger partial charge on any atom is 0.251 e. The van der Waals surface area contributed by atoms with E-state index in [1.54, 1.807) is 7.11 Å². The molecule has 4 nitrogen and oxygen atoms in total. The van der Waals surface area contributed by atoms with Crippen LogP contribution in [0.25, 0.3) is 0 Å². The minimum absolute atomic E-state index is 0.208. The highest BCUT2D eigenvalue weighted by Crippen LogP contribution is 2.30. The first-order valence-corrected chi connectivity index (χ1v) is 7.32. The lowest BCUT2D eigenvalue weighted by Gasteiger charge is -2.21. The first kappa shape index (κ1) is 17.4. The summed E-state index contributed by atoms with van der Waals surface area (Å²) in [4.78, 5) is 15.5. The molecule has 116 valence electrons. The molecule has 0 aromatic heterocycles. The van der Waals surface area contributed by atoms with Crippen molar-refractivity contribution in [3.05, 3.63) is 34.4 Å². The molecule has 21 heavy (non-hydrogen) atoms. The molecule has 0 spiro atoms. The van der Waals surface area contributed by atoms with Gasteiger partial charge in [0.15, 0.2) is 0 Å². The van der Waals surface area contributed by atoms with Crippen molar-refractivity contribution in [1.29, 1.82) is 0 Å². The minimum atomic E-state index is -0.208. The predicted octanol–water partition coefficient (Wildman–Crippen LogP) is 3.14. The monoisotopic (exact) mass is 290 g/mol. The second kappa shape index (κ2) is 7.93. The van der Waals surface area contributed by atoms with Gasteiger partial charge in [-0.15, -0.1) is 0 Å². The zero-order chi connectivity index (χ0) is 16.0. The van der Waals surface area contributed by atoms with E-state index < -0.39 is 0 Å². The Morgan fingerprint density at radius 2 is 1.76 bits per heavy atom. The fourth-order valence-corrected chi connectivity index (χ4v) is 2.55. The van der Waals surface area contributed by atoms with Gasteiger partial charge >= 0.3 is 0 Å². The number of carbonyl (C=O) groups excluding carboxylic acids is 1. The molecule has 0 saturated heterocycles. The normalized spacial score (nSPS) is 11.8. The molecule has 0 bridgehead atoms. The van der Waals surface area contributed by atoms with Crippen molar-refractivity contribution in [2.24, 2.45) is 10.7 Å². The molecule has 0 heterocycles. The Balaban J connectivity index is 3.38. The topological polar surface area (TPSA) is 64.7 Å². The SMILES string of the molecule is COCc1cc(C(C)C)c(CC(=O)/N=C/N)c(C(C)C)c1. The van der Waals surface area contributed by atoms with Crippen LogP contribution in [0.15, 0.2) is 17.1 Å². The van der Waals surface area contributed by atoms with Crippen LogP contribution in [0, 0.1) is 0 Å². The van der Waals surface area contributed by atoms with Crippen molar-refractivity contribution in [3.63, 3.8) is 0 Å². The third-order valence-electron chi connectivity index (χ3n) is 3.48. The molecule has 0 aliphatic carbocycles. The molecule has 1 aromatic carbocycles. The van der Waals surface area contributed by atoms with Crippen LogP contribution >= 0.6 is 0 Å². The Morgan fingerprint density at radius 3 is 2.14 bits per heavy atom. The van der Waals surface area contributed by atoms with Crippen LogP contribution in [-0.4, -0.2) is 19.4 Å². The summed E-state index contributed by atoms with van der Waals surface area (Å²) in [6.07, 6.45) is 1.35. The van der Waals surface area contributed by atoms with E-state index in [9.17, 15) is 4.79 Å². The maximum atomic E-state index is 11.9. The molecule has 1 amide bonds. The number of hydrogen-bond donors (Lipinski definition) is 1. The molecule has 0 aliphatic rings. The smallest absolute Gasteiger partial charge is 0.251 e. The summed E-state index contributed by atoms with van der Waals surface area (Å²) in [6, 6.07) is 4.27. The lowest BCUT2D eigenvalue weighted by Crippen LogP contribution is -2.11. The van der Waals surface area contributed by atoms with Gasteiger partial charge in [0.25, 0.3) is 5.91 Å². The summed E-state index contributed by atoms with van der Waals surface area (Å²) in [5.41, 5.74) is 9.81. The van der Waals surface area contributed by atoms with Crippen molar-refractivity contribution in [2.45, 2.75) is 52.6 Å². The number of nitrogens with two attached hydrogens (primary N) is 1. The maximum absolute atomic E-state index is 11.9. The van der Waals surface area contributed by atoms with E-state index in [1.165, 1.54) is 11.1 Å². The quantitative estimate of drug-likeness (QED) is 0.646. The molecular formula is C17H26N2O2. The van der Waals surface area contributed by atoms with Crippen LogP contribution in [0.2, 0.25) is 0 Å². The predicted molar refractivity (Wildman–Crippen MR) is 86.7 cm³/mol. The molecule has 0 fully saturated rings. The van der Waals surface area contributed by atoms with Crippen LogP contribution in [0.3, 0.4) is 0 Å². The highest BCUT2D eigenvalue weighted by molar-refractivity contribution is 5.86. The van der Waals surface area contributed by atoms with Gasteiger partial charge in [-0.2, -0.15) is 0 Å². The third-order valence-corrected chi connectivity index (χ3v) is 3.48. The van der Waals surface area contributed by atoms with Gasteiger partial charge in [-0.1, -0.05) is 39.8 Å². The highest BCUT2D eigenvalue weighted by Gasteiger charge is 2.18. The standard InChI is InChI=1S/C17H26N2O2/c1-11(2)14-6-13(9-21-5)7-15(12(3)4)16(14)8-17(20)19-10-18/h6-7,10-12H,8-9H2,1-5H3,(H2,18,19,20). The van der Waals surface area contributed by atoms with Gasteiger partial charge in [-0.05, 0) is 34.1 Å². The van der Waals surface area contributed by atoms with Crippen LogP contribution in [0.4, 0.5) is 0 Å². The summed E-state index contributed by atoms with van der Waals surface area (Å²) in [7, 11) is 1.69. The van der Waals surface area contributed by atoms with Gasteiger partial charge in [0.05, 0.1) is 19.4 Å². The Hall–Kier alpha value is -1.68. The van der Waals surface area contributed by atoms with Crippen molar-refractivity contribution in [1.82, 2.24) is 0 Å². The summed E-state index contributed by atoms with van der Waals surface area (Å²) >= 11 is 0. The van der Waals surface area contributed by atoms with E-state index in [2.05, 4.69) is 44.8 Å². The number of rotatable bonds is 6. The van der Waals surface area contributed by atoms with Gasteiger partial charge in [-0.25, -0.2) is 4.99 Å². The summed E-state index contributed by atoms with van der Waals surface area (Å²) in [5, 5.41) is 0. The van der Waals surface area contributed by atoms with E-state index in [0.717, 1.165) is 17.5 Å². The van der Waals surface area contributed by atoms with Crippen LogP contribution in [0.5, 0.6) is 0 Å². The Kier molecular flexibility index (Phi) is 6.56. The number of aliphatic imine (C=N–C) groups is 1. The van der Waals surface area contributed by atoms with E-state index in [-0.39, 0.29) is 5.91 Å². The molecule has 1 rings (SSSR count). The molecule has 0 unspecified atom stereocenters. The summed E-state index contributed by atoms with van der Waals surface area (Å²) in [5.74, 6) is 0.466. The first-order chi connectivity index (χ1) is 9.90. The molecule has 2 N–H and O–H groups in total. The average Bonchev–Trinajstić information content (AvgIpc) is 2.40. The fourth-order valence-electron chi connectivity index (χ4n) is 2.55. The van der Waals surface area contributed by atoms with Gasteiger partial charge in [0.1, 0.15) is 0 Å². The number of nitrogens with zero attached hydrogens (tertiary/aromatic N) is 1. The molecule has 0 aliphatic heterocycles. The number of amides is 1. The van der Waals surface area contributed by atoms with E-state index >= 15 is 0 Å². The lowest BCUT2D eigenvalue weighted by molar-refractivity contribution is -0.117.